The summed E-state index contributed by atoms with van der Waals surface area (Å²) in [6.07, 6.45) is 5.85. The van der Waals surface area contributed by atoms with Gasteiger partial charge in [-0.15, -0.1) is 0 Å². The first-order valence-electron chi connectivity index (χ1n) is 14.0. The standard InChI is InChI=1S/C25H61N2O6Si4.BrH/c1-27(2,19-21-30-23-22-29-3)25(17-14-13-15-20-28)26-18-16-24-37(31-34(4,5)6,32-35(7,8)9)33-36(10,11)12;/h20,25-26H,13-19,21-24H2,1-12H3;1H/q+1;/p-1. The average molecular weight is 678 g/mol. The lowest BCUT2D eigenvalue weighted by Crippen LogP contribution is -3.00. The first-order chi connectivity index (χ1) is 16.8. The number of carbonyl (C=O) groups is 1. The molecule has 0 heterocycles. The highest BCUT2D eigenvalue weighted by Crippen LogP contribution is 2.30. The van der Waals surface area contributed by atoms with Gasteiger partial charge in [0.05, 0.1) is 33.9 Å². The molecule has 0 rings (SSSR count). The minimum atomic E-state index is -2.82. The Labute approximate surface area is 250 Å². The number of rotatable bonds is 23. The molecule has 0 aromatic rings. The van der Waals surface area contributed by atoms with Gasteiger partial charge in [0, 0.05) is 32.5 Å². The van der Waals surface area contributed by atoms with E-state index in [0.29, 0.717) is 26.2 Å². The van der Waals surface area contributed by atoms with Crippen molar-refractivity contribution >= 4 is 40.0 Å². The maximum Gasteiger partial charge on any atom is 0.469 e. The SMILES string of the molecule is COCCOCC[N+](C)(C)C(CCCCC=O)NCCC[Si](O[Si](C)(C)C)(O[Si](C)(C)C)O[Si](C)(C)C.[Br-]. The fourth-order valence-corrected chi connectivity index (χ4v) is 18.8. The van der Waals surface area contributed by atoms with Crippen LogP contribution in [0.4, 0.5) is 0 Å². The molecular formula is C25H61BrN2O6Si4. The third kappa shape index (κ3) is 21.5. The molecule has 1 N–H and O–H groups in total. The number of carbonyl (C=O) groups excluding carboxylic acids is 1. The molecule has 38 heavy (non-hydrogen) atoms. The van der Waals surface area contributed by atoms with Gasteiger partial charge in [0.15, 0.2) is 25.0 Å². The van der Waals surface area contributed by atoms with Crippen LogP contribution >= 0.6 is 0 Å². The molecule has 0 amide bonds. The molecule has 1 atom stereocenters. The third-order valence-corrected chi connectivity index (χ3v) is 17.6. The third-order valence-electron chi connectivity index (χ3n) is 5.56. The van der Waals surface area contributed by atoms with Gasteiger partial charge < -0.3 is 48.1 Å². The monoisotopic (exact) mass is 676 g/mol. The smallest absolute Gasteiger partial charge is 0.469 e. The van der Waals surface area contributed by atoms with E-state index in [1.807, 2.05) is 0 Å². The van der Waals surface area contributed by atoms with E-state index in [1.54, 1.807) is 7.11 Å². The lowest BCUT2D eigenvalue weighted by Gasteiger charge is -2.43. The Morgan fingerprint density at radius 2 is 1.32 bits per heavy atom. The maximum atomic E-state index is 10.8. The number of nitrogens with zero attached hydrogens (tertiary/aromatic N) is 1. The van der Waals surface area contributed by atoms with Crippen LogP contribution in [0, 0.1) is 0 Å². The van der Waals surface area contributed by atoms with Crippen LogP contribution in [0.25, 0.3) is 0 Å². The summed E-state index contributed by atoms with van der Waals surface area (Å²) in [5, 5.41) is 3.84. The zero-order valence-electron chi connectivity index (χ0n) is 26.7. The second-order valence-corrected chi connectivity index (χ2v) is 30.4. The predicted molar refractivity (Wildman–Crippen MR) is 164 cm³/mol. The molecule has 1 unspecified atom stereocenters. The van der Waals surface area contributed by atoms with E-state index in [2.05, 4.69) is 78.3 Å². The van der Waals surface area contributed by atoms with Crippen LogP contribution in [0.3, 0.4) is 0 Å². The largest absolute Gasteiger partial charge is 1.00 e. The van der Waals surface area contributed by atoms with E-state index >= 15 is 0 Å². The lowest BCUT2D eigenvalue weighted by molar-refractivity contribution is -0.919. The summed E-state index contributed by atoms with van der Waals surface area (Å²) >= 11 is 0. The van der Waals surface area contributed by atoms with Gasteiger partial charge in [-0.1, -0.05) is 0 Å². The van der Waals surface area contributed by atoms with Gasteiger partial charge in [0.25, 0.3) is 0 Å². The molecule has 0 radical (unpaired) electrons. The highest BCUT2D eigenvalue weighted by atomic mass is 79.9. The topological polar surface area (TPSA) is 75.3 Å². The Hall–Kier alpha value is 0.738. The molecule has 0 aliphatic heterocycles. The van der Waals surface area contributed by atoms with Gasteiger partial charge in [-0.3, -0.25) is 5.32 Å². The van der Waals surface area contributed by atoms with Crippen molar-refractivity contribution in [3.63, 3.8) is 0 Å². The number of likely N-dealkylation sites (N-methyl/N-ethyl adjacent to an activating group) is 1. The Bertz CT molecular complexity index is 588. The molecule has 13 heteroatoms. The average Bonchev–Trinajstić information content (AvgIpc) is 2.68. The van der Waals surface area contributed by atoms with Crippen molar-refractivity contribution in [3.8, 4) is 0 Å². The van der Waals surface area contributed by atoms with Gasteiger partial charge in [-0.05, 0) is 78.2 Å². The molecule has 0 fully saturated rings. The van der Waals surface area contributed by atoms with Crippen molar-refractivity contribution in [2.75, 3.05) is 54.1 Å². The number of hydrogen-bond acceptors (Lipinski definition) is 7. The molecule has 0 aromatic carbocycles. The number of hydrogen-bond donors (Lipinski definition) is 1. The van der Waals surface area contributed by atoms with Gasteiger partial charge in [0.1, 0.15) is 19.0 Å². The summed E-state index contributed by atoms with van der Waals surface area (Å²) in [6, 6.07) is 0.838. The molecule has 0 aliphatic rings. The van der Waals surface area contributed by atoms with Gasteiger partial charge >= 0.3 is 8.80 Å². The van der Waals surface area contributed by atoms with Crippen LogP contribution in [-0.4, -0.2) is 105 Å². The van der Waals surface area contributed by atoms with Crippen LogP contribution in [0.5, 0.6) is 0 Å². The van der Waals surface area contributed by atoms with E-state index in [1.165, 1.54) is 0 Å². The summed E-state index contributed by atoms with van der Waals surface area (Å²) in [4.78, 5) is 10.8. The number of aldehydes is 1. The van der Waals surface area contributed by atoms with Crippen molar-refractivity contribution < 1.29 is 48.1 Å². The molecular weight excluding hydrogens is 617 g/mol. The normalized spacial score (nSPS) is 14.3. The summed E-state index contributed by atoms with van der Waals surface area (Å²) < 4.78 is 32.2. The van der Waals surface area contributed by atoms with Crippen LogP contribution in [-0.2, 0) is 26.6 Å². The van der Waals surface area contributed by atoms with E-state index < -0.39 is 33.8 Å². The number of quaternary nitrogens is 1. The summed E-state index contributed by atoms with van der Waals surface area (Å²) in [7, 11) is -2.23. The van der Waals surface area contributed by atoms with Crippen molar-refractivity contribution in [2.24, 2.45) is 0 Å². The Kier molecular flexibility index (Phi) is 20.5. The van der Waals surface area contributed by atoms with Gasteiger partial charge in [-0.25, -0.2) is 0 Å². The minimum Gasteiger partial charge on any atom is -1.00 e. The van der Waals surface area contributed by atoms with Crippen molar-refractivity contribution in [2.45, 2.75) is 103 Å². The van der Waals surface area contributed by atoms with E-state index in [4.69, 9.17) is 21.8 Å². The van der Waals surface area contributed by atoms with Crippen LogP contribution < -0.4 is 22.3 Å². The quantitative estimate of drug-likeness (QED) is 0.0585. The van der Waals surface area contributed by atoms with Crippen LogP contribution in [0.2, 0.25) is 65.0 Å². The first kappa shape index (κ1) is 40.9. The number of ether oxygens (including phenoxy) is 2. The van der Waals surface area contributed by atoms with E-state index in [0.717, 1.165) is 55.6 Å². The van der Waals surface area contributed by atoms with Gasteiger partial charge in [0.2, 0.25) is 0 Å². The number of halogens is 1. The fourth-order valence-electron chi connectivity index (χ4n) is 4.15. The molecule has 0 aliphatic carbocycles. The number of nitrogens with one attached hydrogen (secondary N) is 1. The molecule has 0 saturated heterocycles. The highest BCUT2D eigenvalue weighted by Gasteiger charge is 2.49. The maximum absolute atomic E-state index is 10.8. The lowest BCUT2D eigenvalue weighted by atomic mass is 10.1. The summed E-state index contributed by atoms with van der Waals surface area (Å²) in [5.74, 6) is 0. The Morgan fingerprint density at radius 1 is 0.789 bits per heavy atom. The molecule has 0 saturated carbocycles. The summed E-state index contributed by atoms with van der Waals surface area (Å²) in [5.41, 5.74) is 0. The molecule has 230 valence electrons. The predicted octanol–water partition coefficient (Wildman–Crippen LogP) is 2.29. The molecule has 0 bridgehead atoms. The molecule has 0 aromatic heterocycles. The minimum absolute atomic E-state index is 0. The second kappa shape index (κ2) is 19.0. The van der Waals surface area contributed by atoms with Crippen molar-refractivity contribution in [3.05, 3.63) is 0 Å². The number of methoxy groups -OCH3 is 1. The zero-order valence-corrected chi connectivity index (χ0v) is 32.3. The van der Waals surface area contributed by atoms with Crippen LogP contribution in [0.15, 0.2) is 0 Å². The van der Waals surface area contributed by atoms with Crippen molar-refractivity contribution in [1.82, 2.24) is 5.32 Å². The first-order valence-corrected chi connectivity index (χ1v) is 26.2. The Balaban J connectivity index is 0. The highest BCUT2D eigenvalue weighted by molar-refractivity contribution is 6.90. The van der Waals surface area contributed by atoms with E-state index in [-0.39, 0.29) is 23.1 Å². The number of unbranched alkanes of at least 4 members (excludes halogenated alkanes) is 2. The fraction of sp³-hybridized carbons (Fsp3) is 0.960. The zero-order chi connectivity index (χ0) is 28.8. The Morgan fingerprint density at radius 3 is 1.76 bits per heavy atom. The van der Waals surface area contributed by atoms with Gasteiger partial charge in [-0.2, -0.15) is 0 Å². The second-order valence-electron chi connectivity index (χ2n) is 13.5. The summed E-state index contributed by atoms with van der Waals surface area (Å²) in [6.45, 7) is 23.8. The van der Waals surface area contributed by atoms with Crippen LogP contribution in [0.1, 0.15) is 32.1 Å². The van der Waals surface area contributed by atoms with E-state index in [9.17, 15) is 4.79 Å². The van der Waals surface area contributed by atoms with Crippen molar-refractivity contribution in [1.29, 1.82) is 0 Å². The molecule has 0 spiro atoms. The molecule has 8 nitrogen and oxygen atoms in total.